The molecule has 0 saturated carbocycles. The third-order valence-electron chi connectivity index (χ3n) is 4.65. The van der Waals surface area contributed by atoms with E-state index in [1.54, 1.807) is 4.90 Å². The van der Waals surface area contributed by atoms with E-state index < -0.39 is 5.60 Å². The minimum atomic E-state index is -0.517. The van der Waals surface area contributed by atoms with Gasteiger partial charge >= 0.3 is 6.09 Å². The van der Waals surface area contributed by atoms with Crippen LogP contribution in [0.25, 0.3) is 0 Å². The van der Waals surface area contributed by atoms with Crippen molar-refractivity contribution in [3.8, 4) is 0 Å². The molecule has 2 saturated heterocycles. The number of piperidine rings is 1. The van der Waals surface area contributed by atoms with E-state index in [0.717, 1.165) is 19.6 Å². The Kier molecular flexibility index (Phi) is 4.63. The molecule has 0 spiro atoms. The highest BCUT2D eigenvalue weighted by molar-refractivity contribution is 5.85. The van der Waals surface area contributed by atoms with Gasteiger partial charge in [-0.2, -0.15) is 0 Å². The van der Waals surface area contributed by atoms with Crippen LogP contribution in [0.15, 0.2) is 30.3 Å². The maximum atomic E-state index is 12.5. The van der Waals surface area contributed by atoms with Gasteiger partial charge in [0.15, 0.2) is 0 Å². The molecule has 5 nitrogen and oxygen atoms in total. The Labute approximate surface area is 143 Å². The van der Waals surface area contributed by atoms with Gasteiger partial charge in [-0.15, -0.1) is 0 Å². The third kappa shape index (κ3) is 3.78. The number of hydrogen-bond donors (Lipinski definition) is 0. The second kappa shape index (κ2) is 6.55. The molecule has 1 amide bonds. The minimum Gasteiger partial charge on any atom is -0.444 e. The van der Waals surface area contributed by atoms with Gasteiger partial charge in [-0.25, -0.2) is 4.79 Å². The zero-order valence-electron chi connectivity index (χ0n) is 14.7. The van der Waals surface area contributed by atoms with Crippen LogP contribution in [-0.2, 0) is 16.1 Å². The lowest BCUT2D eigenvalue weighted by molar-refractivity contribution is -0.126. The molecular weight excluding hydrogens is 304 g/mol. The third-order valence-corrected chi connectivity index (χ3v) is 4.65. The highest BCUT2D eigenvalue weighted by Gasteiger charge is 2.46. The molecule has 2 heterocycles. The first-order chi connectivity index (χ1) is 11.3. The number of rotatable bonds is 2. The zero-order valence-corrected chi connectivity index (χ0v) is 14.7. The molecule has 0 bridgehead atoms. The Morgan fingerprint density at radius 3 is 2.58 bits per heavy atom. The van der Waals surface area contributed by atoms with Crippen molar-refractivity contribution in [1.82, 2.24) is 9.80 Å². The number of ether oxygens (including phenoxy) is 1. The van der Waals surface area contributed by atoms with E-state index in [2.05, 4.69) is 17.0 Å². The van der Waals surface area contributed by atoms with Crippen LogP contribution < -0.4 is 0 Å². The van der Waals surface area contributed by atoms with Gasteiger partial charge in [0.2, 0.25) is 0 Å². The fourth-order valence-electron chi connectivity index (χ4n) is 3.60. The predicted molar refractivity (Wildman–Crippen MR) is 91.6 cm³/mol. The molecule has 130 valence electrons. The first kappa shape index (κ1) is 17.0. The minimum absolute atomic E-state index is 0.0650. The summed E-state index contributed by atoms with van der Waals surface area (Å²) in [5, 5.41) is 0. The number of nitrogens with zero attached hydrogens (tertiary/aromatic N) is 2. The summed E-state index contributed by atoms with van der Waals surface area (Å²) >= 11 is 0. The van der Waals surface area contributed by atoms with Crippen molar-refractivity contribution >= 4 is 11.9 Å². The van der Waals surface area contributed by atoms with Gasteiger partial charge in [-0.3, -0.25) is 9.69 Å². The van der Waals surface area contributed by atoms with Crippen molar-refractivity contribution in [2.45, 2.75) is 45.4 Å². The van der Waals surface area contributed by atoms with Crippen LogP contribution in [0, 0.1) is 5.92 Å². The van der Waals surface area contributed by atoms with Gasteiger partial charge in [0.25, 0.3) is 0 Å². The monoisotopic (exact) mass is 330 g/mol. The van der Waals surface area contributed by atoms with Crippen LogP contribution in [0.5, 0.6) is 0 Å². The molecule has 0 unspecified atom stereocenters. The number of ketones is 1. The van der Waals surface area contributed by atoms with Crippen molar-refractivity contribution in [1.29, 1.82) is 0 Å². The summed E-state index contributed by atoms with van der Waals surface area (Å²) < 4.78 is 5.53. The molecular formula is C19H26N2O3. The van der Waals surface area contributed by atoms with Crippen LogP contribution >= 0.6 is 0 Å². The molecule has 3 rings (SSSR count). The summed E-state index contributed by atoms with van der Waals surface area (Å²) in [4.78, 5) is 28.9. The molecule has 0 N–H and O–H groups in total. The van der Waals surface area contributed by atoms with Gasteiger partial charge in [0.1, 0.15) is 11.4 Å². The maximum absolute atomic E-state index is 12.5. The molecule has 2 aliphatic rings. The number of amides is 1. The van der Waals surface area contributed by atoms with Crippen molar-refractivity contribution in [2.24, 2.45) is 5.92 Å². The Hall–Kier alpha value is -1.88. The number of likely N-dealkylation sites (tertiary alicyclic amines) is 2. The quantitative estimate of drug-likeness (QED) is 0.836. The van der Waals surface area contributed by atoms with E-state index in [9.17, 15) is 9.59 Å². The average molecular weight is 330 g/mol. The average Bonchev–Trinajstić information content (AvgIpc) is 2.91. The lowest BCUT2D eigenvalue weighted by atomic mass is 9.91. The molecule has 2 fully saturated rings. The topological polar surface area (TPSA) is 49.9 Å². The van der Waals surface area contributed by atoms with Gasteiger partial charge < -0.3 is 9.64 Å². The smallest absolute Gasteiger partial charge is 0.410 e. The normalized spacial score (nSPS) is 24.8. The fraction of sp³-hybridized carbons (Fsp3) is 0.579. The highest BCUT2D eigenvalue weighted by atomic mass is 16.6. The van der Waals surface area contributed by atoms with Crippen LogP contribution in [0.3, 0.4) is 0 Å². The predicted octanol–water partition coefficient (Wildman–Crippen LogP) is 2.70. The second-order valence-electron chi connectivity index (χ2n) is 7.74. The summed E-state index contributed by atoms with van der Waals surface area (Å²) in [7, 11) is 0. The molecule has 1 aromatic rings. The SMILES string of the molecule is CC(C)(C)OC(=O)N1CCC(=O)[C@@H]2CN(Cc3ccccc3)C[C@@H]21. The number of benzene rings is 1. The van der Waals surface area contributed by atoms with Crippen molar-refractivity contribution in [3.05, 3.63) is 35.9 Å². The summed E-state index contributed by atoms with van der Waals surface area (Å²) in [6.45, 7) is 8.33. The number of carbonyl (C=O) groups excluding carboxylic acids is 2. The first-order valence-corrected chi connectivity index (χ1v) is 8.62. The largest absolute Gasteiger partial charge is 0.444 e. The van der Waals surface area contributed by atoms with Crippen molar-refractivity contribution in [3.63, 3.8) is 0 Å². The molecule has 5 heteroatoms. The summed E-state index contributed by atoms with van der Waals surface area (Å²) in [6, 6.07) is 10.2. The maximum Gasteiger partial charge on any atom is 0.410 e. The molecule has 0 aliphatic carbocycles. The molecule has 24 heavy (non-hydrogen) atoms. The van der Waals surface area contributed by atoms with Gasteiger partial charge in [0.05, 0.1) is 12.0 Å². The molecule has 2 atom stereocenters. The Morgan fingerprint density at radius 2 is 1.92 bits per heavy atom. The molecule has 0 aromatic heterocycles. The summed E-state index contributed by atoms with van der Waals surface area (Å²) in [5.41, 5.74) is 0.712. The van der Waals surface area contributed by atoms with E-state index in [-0.39, 0.29) is 23.8 Å². The number of carbonyl (C=O) groups is 2. The van der Waals surface area contributed by atoms with E-state index >= 15 is 0 Å². The molecule has 2 aliphatic heterocycles. The fourth-order valence-corrected chi connectivity index (χ4v) is 3.60. The van der Waals surface area contributed by atoms with Crippen LogP contribution in [0.1, 0.15) is 32.8 Å². The Morgan fingerprint density at radius 1 is 1.21 bits per heavy atom. The standard InChI is InChI=1S/C19H26N2O3/c1-19(2,3)24-18(23)21-10-9-17(22)15-12-20(13-16(15)21)11-14-7-5-4-6-8-14/h4-8,15-16H,9-13H2,1-3H3/t15-,16+/m1/s1. The Bertz CT molecular complexity index is 609. The Balaban J connectivity index is 1.70. The number of fused-ring (bicyclic) bond motifs is 1. The van der Waals surface area contributed by atoms with Gasteiger partial charge in [0, 0.05) is 32.6 Å². The van der Waals surface area contributed by atoms with E-state index in [1.165, 1.54) is 5.56 Å². The first-order valence-electron chi connectivity index (χ1n) is 8.62. The van der Waals surface area contributed by atoms with Crippen molar-refractivity contribution in [2.75, 3.05) is 19.6 Å². The molecule has 1 aromatic carbocycles. The van der Waals surface area contributed by atoms with E-state index in [0.29, 0.717) is 13.0 Å². The zero-order chi connectivity index (χ0) is 17.3. The lowest BCUT2D eigenvalue weighted by Gasteiger charge is -2.37. The number of Topliss-reactive ketones (excluding diaryl/α,β-unsaturated/α-hetero) is 1. The van der Waals surface area contributed by atoms with E-state index in [1.807, 2.05) is 39.0 Å². The second-order valence-corrected chi connectivity index (χ2v) is 7.74. The van der Waals surface area contributed by atoms with Gasteiger partial charge in [-0.05, 0) is 26.3 Å². The van der Waals surface area contributed by atoms with Crippen LogP contribution in [0.4, 0.5) is 4.79 Å². The van der Waals surface area contributed by atoms with E-state index in [4.69, 9.17) is 4.74 Å². The van der Waals surface area contributed by atoms with Gasteiger partial charge in [-0.1, -0.05) is 30.3 Å². The summed E-state index contributed by atoms with van der Waals surface area (Å²) in [5.74, 6) is 0.186. The van der Waals surface area contributed by atoms with Crippen LogP contribution in [0.2, 0.25) is 0 Å². The molecule has 0 radical (unpaired) electrons. The van der Waals surface area contributed by atoms with Crippen LogP contribution in [-0.4, -0.2) is 53.0 Å². The highest BCUT2D eigenvalue weighted by Crippen LogP contribution is 2.30. The number of hydrogen-bond acceptors (Lipinski definition) is 4. The summed E-state index contributed by atoms with van der Waals surface area (Å²) in [6.07, 6.45) is 0.131. The lowest BCUT2D eigenvalue weighted by Crippen LogP contribution is -2.53. The van der Waals surface area contributed by atoms with Crippen molar-refractivity contribution < 1.29 is 14.3 Å².